The van der Waals surface area contributed by atoms with Crippen molar-refractivity contribution >= 4 is 63.3 Å². The molecule has 1 saturated heterocycles. The van der Waals surface area contributed by atoms with Crippen molar-refractivity contribution in [2.24, 2.45) is 0 Å². The molecule has 12 heteroatoms. The molecule has 4 rings (SSSR count). The normalized spacial score (nSPS) is 17.9. The fourth-order valence-electron chi connectivity index (χ4n) is 3.16. The highest BCUT2D eigenvalue weighted by atomic mass is 35.5. The molecular weight excluding hydrogens is 509 g/mol. The Labute approximate surface area is 207 Å². The molecule has 0 spiro atoms. The van der Waals surface area contributed by atoms with E-state index in [0.717, 1.165) is 5.56 Å². The van der Waals surface area contributed by atoms with Crippen LogP contribution in [-0.2, 0) is 16.2 Å². The molecule has 2 heterocycles. The van der Waals surface area contributed by atoms with Crippen LogP contribution in [0.1, 0.15) is 22.4 Å². The number of hydrogen-bond donors (Lipinski definition) is 1. The molecule has 1 aromatic heterocycles. The number of aliphatic carboxylic acids is 1. The molecule has 1 aliphatic heterocycles. The lowest BCUT2D eigenvalue weighted by molar-refractivity contribution is -0.138. The molecular formula is C21H17Cl2N3O5S2. The summed E-state index contributed by atoms with van der Waals surface area (Å²) in [5.41, 5.74) is 0.822. The summed E-state index contributed by atoms with van der Waals surface area (Å²) in [5, 5.41) is 18.1. The molecule has 172 valence electrons. The third-order valence-electron chi connectivity index (χ3n) is 4.71. The summed E-state index contributed by atoms with van der Waals surface area (Å²) in [6, 6.07) is 12.2. The first kappa shape index (κ1) is 23.6. The van der Waals surface area contributed by atoms with Gasteiger partial charge in [0.25, 0.3) is 0 Å². The number of rotatable bonds is 8. The Morgan fingerprint density at radius 1 is 1.18 bits per heavy atom. The number of methoxy groups -OCH3 is 1. The van der Waals surface area contributed by atoms with Gasteiger partial charge in [-0.25, -0.2) is 0 Å². The van der Waals surface area contributed by atoms with Gasteiger partial charge in [-0.15, -0.1) is 22.0 Å². The summed E-state index contributed by atoms with van der Waals surface area (Å²) < 4.78 is 10.9. The number of carbonyl (C=O) groups excluding carboxylic acids is 1. The molecule has 8 nitrogen and oxygen atoms in total. The Morgan fingerprint density at radius 3 is 2.61 bits per heavy atom. The van der Waals surface area contributed by atoms with Crippen molar-refractivity contribution in [2.45, 2.75) is 23.7 Å². The molecule has 1 amide bonds. The average molecular weight is 526 g/mol. The second kappa shape index (κ2) is 10.2. The summed E-state index contributed by atoms with van der Waals surface area (Å²) in [5.74, 6) is -0.240. The summed E-state index contributed by atoms with van der Waals surface area (Å²) >= 11 is 14.5. The van der Waals surface area contributed by atoms with Crippen LogP contribution in [0, 0.1) is 0 Å². The average Bonchev–Trinajstić information content (AvgIpc) is 3.37. The minimum Gasteiger partial charge on any atom is -0.497 e. The number of nitrogens with zero attached hydrogens (tertiary/aromatic N) is 3. The number of halogens is 2. The van der Waals surface area contributed by atoms with E-state index < -0.39 is 16.6 Å². The quantitative estimate of drug-likeness (QED) is 0.435. The largest absolute Gasteiger partial charge is 0.497 e. The van der Waals surface area contributed by atoms with Crippen molar-refractivity contribution in [3.8, 4) is 11.5 Å². The van der Waals surface area contributed by atoms with Gasteiger partial charge >= 0.3 is 5.97 Å². The Morgan fingerprint density at radius 2 is 1.94 bits per heavy atom. The van der Waals surface area contributed by atoms with Gasteiger partial charge in [0.15, 0.2) is 5.01 Å². The van der Waals surface area contributed by atoms with Crippen LogP contribution in [0.5, 0.6) is 11.5 Å². The fraction of sp³-hybridized carbons (Fsp3) is 0.238. The molecule has 2 atom stereocenters. The minimum absolute atomic E-state index is 0.0972. The SMILES string of the molecule is COc1ccc(C2SC(CC(=O)O)C(=O)N2c2nnc(COc3ccc(Cl)cc3Cl)s2)cc1. The highest BCUT2D eigenvalue weighted by Gasteiger charge is 2.44. The lowest BCUT2D eigenvalue weighted by atomic mass is 10.2. The number of ether oxygens (including phenoxy) is 2. The first-order valence-corrected chi connectivity index (χ1v) is 12.1. The van der Waals surface area contributed by atoms with Gasteiger partial charge in [-0.05, 0) is 35.9 Å². The zero-order chi connectivity index (χ0) is 23.5. The van der Waals surface area contributed by atoms with Crippen LogP contribution in [0.2, 0.25) is 10.0 Å². The van der Waals surface area contributed by atoms with Crippen LogP contribution < -0.4 is 14.4 Å². The third kappa shape index (κ3) is 5.35. The number of aromatic nitrogens is 2. The number of anilines is 1. The van der Waals surface area contributed by atoms with Gasteiger partial charge in [0.05, 0.1) is 23.8 Å². The number of thioether (sulfide) groups is 1. The van der Waals surface area contributed by atoms with Crippen molar-refractivity contribution in [3.05, 3.63) is 63.1 Å². The zero-order valence-corrected chi connectivity index (χ0v) is 20.2. The molecule has 1 aliphatic rings. The smallest absolute Gasteiger partial charge is 0.305 e. The molecule has 0 saturated carbocycles. The Kier molecular flexibility index (Phi) is 7.28. The van der Waals surface area contributed by atoms with E-state index in [4.69, 9.17) is 32.7 Å². The predicted molar refractivity (Wildman–Crippen MR) is 128 cm³/mol. The minimum atomic E-state index is -1.04. The van der Waals surface area contributed by atoms with E-state index in [1.807, 2.05) is 12.1 Å². The van der Waals surface area contributed by atoms with E-state index in [9.17, 15) is 14.7 Å². The summed E-state index contributed by atoms with van der Waals surface area (Å²) in [6.45, 7) is 0.0972. The van der Waals surface area contributed by atoms with Gasteiger partial charge in [-0.2, -0.15) is 0 Å². The highest BCUT2D eigenvalue weighted by Crippen LogP contribution is 2.47. The van der Waals surface area contributed by atoms with E-state index in [1.165, 1.54) is 28.0 Å². The second-order valence-corrected chi connectivity index (χ2v) is 10.1. The molecule has 2 aromatic carbocycles. The summed E-state index contributed by atoms with van der Waals surface area (Å²) in [6.07, 6.45) is -0.281. The van der Waals surface area contributed by atoms with Crippen LogP contribution in [0.25, 0.3) is 0 Å². The van der Waals surface area contributed by atoms with E-state index >= 15 is 0 Å². The van der Waals surface area contributed by atoms with Crippen LogP contribution in [0.15, 0.2) is 42.5 Å². The molecule has 1 N–H and O–H groups in total. The lowest BCUT2D eigenvalue weighted by Crippen LogP contribution is -2.31. The number of benzene rings is 2. The van der Waals surface area contributed by atoms with Gasteiger partial charge in [0.1, 0.15) is 23.5 Å². The standard InChI is InChI=1S/C21H17Cl2N3O5S2/c1-30-13-5-2-11(3-6-13)20-26(19(29)16(32-20)9-18(27)28)21-25-24-17(33-21)10-31-15-7-4-12(22)8-14(15)23/h2-8,16,20H,9-10H2,1H3,(H,27,28). The first-order valence-electron chi connectivity index (χ1n) is 9.60. The van der Waals surface area contributed by atoms with E-state index in [2.05, 4.69) is 10.2 Å². The monoisotopic (exact) mass is 525 g/mol. The van der Waals surface area contributed by atoms with Crippen molar-refractivity contribution in [2.75, 3.05) is 12.0 Å². The van der Waals surface area contributed by atoms with Gasteiger partial charge in [-0.1, -0.05) is 46.7 Å². The Hall–Kier alpha value is -2.53. The van der Waals surface area contributed by atoms with Gasteiger partial charge < -0.3 is 14.6 Å². The van der Waals surface area contributed by atoms with E-state index in [0.29, 0.717) is 31.7 Å². The maximum absolute atomic E-state index is 13.1. The molecule has 3 aromatic rings. The molecule has 2 unspecified atom stereocenters. The van der Waals surface area contributed by atoms with Crippen molar-refractivity contribution in [1.82, 2.24) is 10.2 Å². The van der Waals surface area contributed by atoms with Gasteiger partial charge in [0.2, 0.25) is 11.0 Å². The van der Waals surface area contributed by atoms with E-state index in [-0.39, 0.29) is 18.9 Å². The lowest BCUT2D eigenvalue weighted by Gasteiger charge is -2.21. The molecule has 0 radical (unpaired) electrons. The fourth-order valence-corrected chi connectivity index (χ4v) is 5.90. The molecule has 1 fully saturated rings. The Balaban J connectivity index is 1.56. The maximum atomic E-state index is 13.1. The predicted octanol–water partition coefficient (Wildman–Crippen LogP) is 5.05. The van der Waals surface area contributed by atoms with E-state index in [1.54, 1.807) is 37.4 Å². The Bertz CT molecular complexity index is 1170. The molecule has 33 heavy (non-hydrogen) atoms. The van der Waals surface area contributed by atoms with Crippen molar-refractivity contribution in [3.63, 3.8) is 0 Å². The molecule has 0 aliphatic carbocycles. The number of hydrogen-bond acceptors (Lipinski definition) is 8. The van der Waals surface area contributed by atoms with Gasteiger partial charge in [0, 0.05) is 5.02 Å². The summed E-state index contributed by atoms with van der Waals surface area (Å²) in [4.78, 5) is 25.9. The van der Waals surface area contributed by atoms with Gasteiger partial charge in [-0.3, -0.25) is 14.5 Å². The topological polar surface area (TPSA) is 102 Å². The number of amides is 1. The maximum Gasteiger partial charge on any atom is 0.305 e. The van der Waals surface area contributed by atoms with Crippen LogP contribution in [-0.4, -0.2) is 39.5 Å². The number of carbonyl (C=O) groups is 2. The highest BCUT2D eigenvalue weighted by molar-refractivity contribution is 8.01. The zero-order valence-electron chi connectivity index (χ0n) is 17.1. The number of carboxylic acid groups (broad SMARTS) is 1. The second-order valence-electron chi connectivity index (χ2n) is 6.90. The molecule has 0 bridgehead atoms. The van der Waals surface area contributed by atoms with Crippen LogP contribution in [0.4, 0.5) is 5.13 Å². The van der Waals surface area contributed by atoms with Crippen LogP contribution in [0.3, 0.4) is 0 Å². The number of carboxylic acids is 1. The van der Waals surface area contributed by atoms with Crippen molar-refractivity contribution in [1.29, 1.82) is 0 Å². The summed E-state index contributed by atoms with van der Waals surface area (Å²) in [7, 11) is 1.57. The van der Waals surface area contributed by atoms with Crippen molar-refractivity contribution < 1.29 is 24.2 Å². The van der Waals surface area contributed by atoms with Crippen LogP contribution >= 0.6 is 46.3 Å². The third-order valence-corrected chi connectivity index (χ3v) is 7.57. The first-order chi connectivity index (χ1) is 15.9.